The van der Waals surface area contributed by atoms with Crippen LogP contribution >= 0.6 is 0 Å². The molecular weight excluding hydrogens is 238 g/mol. The monoisotopic (exact) mass is 249 g/mol. The van der Waals surface area contributed by atoms with E-state index in [2.05, 4.69) is 4.72 Å². The molecule has 2 aromatic rings. The Morgan fingerprint density at radius 1 is 1.12 bits per heavy atom. The standard InChI is InChI=1S/C12H11NO3S/c14-17(15)13-12(8-16-17)11-7-3-5-9-4-1-2-6-10(9)11/h1-7,12-13H,8H2. The maximum atomic E-state index is 11.2. The van der Waals surface area contributed by atoms with Gasteiger partial charge in [0.1, 0.15) is 0 Å². The van der Waals surface area contributed by atoms with E-state index in [0.717, 1.165) is 16.3 Å². The highest BCUT2D eigenvalue weighted by Crippen LogP contribution is 2.27. The lowest BCUT2D eigenvalue weighted by atomic mass is 10.00. The summed E-state index contributed by atoms with van der Waals surface area (Å²) in [4.78, 5) is 0. The molecule has 0 aliphatic carbocycles. The van der Waals surface area contributed by atoms with Gasteiger partial charge < -0.3 is 0 Å². The number of nitrogens with one attached hydrogen (secondary N) is 1. The first-order chi connectivity index (χ1) is 8.16. The average molecular weight is 249 g/mol. The zero-order valence-corrected chi connectivity index (χ0v) is 9.78. The van der Waals surface area contributed by atoms with Gasteiger partial charge in [0.2, 0.25) is 0 Å². The summed E-state index contributed by atoms with van der Waals surface area (Å²) in [6, 6.07) is 13.4. The molecule has 4 nitrogen and oxygen atoms in total. The van der Waals surface area contributed by atoms with E-state index in [4.69, 9.17) is 4.18 Å². The summed E-state index contributed by atoms with van der Waals surface area (Å²) in [6.45, 7) is 0.149. The molecule has 0 bridgehead atoms. The summed E-state index contributed by atoms with van der Waals surface area (Å²) in [7, 11) is -3.56. The van der Waals surface area contributed by atoms with Gasteiger partial charge in [-0.3, -0.25) is 4.18 Å². The van der Waals surface area contributed by atoms with Gasteiger partial charge in [0.15, 0.2) is 0 Å². The molecule has 1 atom stereocenters. The van der Waals surface area contributed by atoms with Gasteiger partial charge >= 0.3 is 10.3 Å². The molecule has 2 aromatic carbocycles. The minimum Gasteiger partial charge on any atom is -0.256 e. The summed E-state index contributed by atoms with van der Waals surface area (Å²) < 4.78 is 29.6. The van der Waals surface area contributed by atoms with Crippen LogP contribution in [-0.4, -0.2) is 15.0 Å². The Balaban J connectivity index is 2.12. The Morgan fingerprint density at radius 2 is 1.88 bits per heavy atom. The minimum absolute atomic E-state index is 0.149. The summed E-state index contributed by atoms with van der Waals surface area (Å²) in [6.07, 6.45) is 0. The Bertz CT molecular complexity index is 661. The first-order valence-corrected chi connectivity index (χ1v) is 6.71. The molecule has 1 fully saturated rings. The van der Waals surface area contributed by atoms with E-state index >= 15 is 0 Å². The fourth-order valence-corrected chi connectivity index (χ4v) is 3.03. The lowest BCUT2D eigenvalue weighted by Crippen LogP contribution is -2.19. The van der Waals surface area contributed by atoms with Crippen molar-refractivity contribution < 1.29 is 12.6 Å². The van der Waals surface area contributed by atoms with Crippen LogP contribution in [0.15, 0.2) is 42.5 Å². The summed E-state index contributed by atoms with van der Waals surface area (Å²) in [5.74, 6) is 0. The smallest absolute Gasteiger partial charge is 0.256 e. The highest BCUT2D eigenvalue weighted by Gasteiger charge is 2.29. The number of rotatable bonds is 1. The predicted octanol–water partition coefficient (Wildman–Crippen LogP) is 1.75. The normalized spacial score (nSPS) is 22.9. The van der Waals surface area contributed by atoms with Crippen LogP contribution in [0.4, 0.5) is 0 Å². The topological polar surface area (TPSA) is 55.4 Å². The molecule has 0 aromatic heterocycles. The van der Waals surface area contributed by atoms with Gasteiger partial charge in [0, 0.05) is 0 Å². The third kappa shape index (κ3) is 1.93. The van der Waals surface area contributed by atoms with Crippen LogP contribution in [0.1, 0.15) is 11.6 Å². The molecule has 1 unspecified atom stereocenters. The molecule has 17 heavy (non-hydrogen) atoms. The van der Waals surface area contributed by atoms with Gasteiger partial charge in [-0.05, 0) is 16.3 Å². The highest BCUT2D eigenvalue weighted by molar-refractivity contribution is 7.84. The molecule has 1 N–H and O–H groups in total. The van der Waals surface area contributed by atoms with E-state index in [-0.39, 0.29) is 12.6 Å². The molecule has 5 heteroatoms. The van der Waals surface area contributed by atoms with E-state index < -0.39 is 10.3 Å². The first-order valence-electron chi connectivity index (χ1n) is 5.30. The van der Waals surface area contributed by atoms with E-state index in [0.29, 0.717) is 0 Å². The summed E-state index contributed by atoms with van der Waals surface area (Å²) in [5, 5.41) is 2.14. The quantitative estimate of drug-likeness (QED) is 0.837. The second-order valence-electron chi connectivity index (χ2n) is 3.98. The van der Waals surface area contributed by atoms with E-state index in [1.165, 1.54) is 0 Å². The van der Waals surface area contributed by atoms with Crippen molar-refractivity contribution in [2.75, 3.05) is 6.61 Å². The van der Waals surface area contributed by atoms with Crippen LogP contribution in [0.3, 0.4) is 0 Å². The molecule has 1 aliphatic heterocycles. The van der Waals surface area contributed by atoms with Gasteiger partial charge in [0.05, 0.1) is 12.6 Å². The third-order valence-corrected chi connectivity index (χ3v) is 3.89. The molecule has 0 amide bonds. The van der Waals surface area contributed by atoms with Crippen molar-refractivity contribution in [1.82, 2.24) is 4.72 Å². The van der Waals surface area contributed by atoms with Crippen molar-refractivity contribution in [2.24, 2.45) is 0 Å². The summed E-state index contributed by atoms with van der Waals surface area (Å²) in [5.41, 5.74) is 0.948. The third-order valence-electron chi connectivity index (χ3n) is 2.88. The van der Waals surface area contributed by atoms with Crippen molar-refractivity contribution in [3.63, 3.8) is 0 Å². The molecule has 0 radical (unpaired) electrons. The van der Waals surface area contributed by atoms with Crippen molar-refractivity contribution >= 4 is 21.1 Å². The zero-order chi connectivity index (χ0) is 11.9. The minimum atomic E-state index is -3.56. The van der Waals surface area contributed by atoms with Gasteiger partial charge in [-0.25, -0.2) is 0 Å². The van der Waals surface area contributed by atoms with Crippen LogP contribution in [0.2, 0.25) is 0 Å². The summed E-state index contributed by atoms with van der Waals surface area (Å²) >= 11 is 0. The van der Waals surface area contributed by atoms with Gasteiger partial charge in [-0.15, -0.1) is 0 Å². The van der Waals surface area contributed by atoms with E-state index in [1.54, 1.807) is 0 Å². The zero-order valence-electron chi connectivity index (χ0n) is 8.96. The molecule has 0 saturated carbocycles. The Hall–Kier alpha value is -1.43. The average Bonchev–Trinajstić information content (AvgIpc) is 2.69. The maximum Gasteiger partial charge on any atom is 0.336 e. The molecular formula is C12H11NO3S. The van der Waals surface area contributed by atoms with Crippen LogP contribution in [0.5, 0.6) is 0 Å². The van der Waals surface area contributed by atoms with Crippen molar-refractivity contribution in [1.29, 1.82) is 0 Å². The Labute approximate surface area is 99.5 Å². The second kappa shape index (κ2) is 3.80. The van der Waals surface area contributed by atoms with E-state index in [1.807, 2.05) is 42.5 Å². The van der Waals surface area contributed by atoms with Crippen LogP contribution < -0.4 is 4.72 Å². The van der Waals surface area contributed by atoms with E-state index in [9.17, 15) is 8.42 Å². The molecule has 3 rings (SSSR count). The van der Waals surface area contributed by atoms with Crippen molar-refractivity contribution in [3.8, 4) is 0 Å². The fourth-order valence-electron chi connectivity index (χ4n) is 2.11. The van der Waals surface area contributed by atoms with Gasteiger partial charge in [-0.2, -0.15) is 13.1 Å². The number of hydrogen-bond acceptors (Lipinski definition) is 3. The Morgan fingerprint density at radius 3 is 2.65 bits per heavy atom. The molecule has 1 saturated heterocycles. The molecule has 88 valence electrons. The molecule has 1 aliphatic rings. The van der Waals surface area contributed by atoms with Crippen LogP contribution in [0, 0.1) is 0 Å². The maximum absolute atomic E-state index is 11.2. The molecule has 0 spiro atoms. The van der Waals surface area contributed by atoms with Crippen LogP contribution in [-0.2, 0) is 14.5 Å². The molecule has 1 heterocycles. The number of hydrogen-bond donors (Lipinski definition) is 1. The van der Waals surface area contributed by atoms with Crippen molar-refractivity contribution in [2.45, 2.75) is 6.04 Å². The largest absolute Gasteiger partial charge is 0.336 e. The fraction of sp³-hybridized carbons (Fsp3) is 0.167. The first kappa shape index (κ1) is 10.7. The SMILES string of the molecule is O=S1(=O)NC(c2cccc3ccccc23)CO1. The van der Waals surface area contributed by atoms with Crippen molar-refractivity contribution in [3.05, 3.63) is 48.0 Å². The predicted molar refractivity (Wildman–Crippen MR) is 64.7 cm³/mol. The van der Waals surface area contributed by atoms with Gasteiger partial charge in [-0.1, -0.05) is 42.5 Å². The second-order valence-corrected chi connectivity index (χ2v) is 5.36. The van der Waals surface area contributed by atoms with Gasteiger partial charge in [0.25, 0.3) is 0 Å². The Kier molecular flexibility index (Phi) is 2.39. The van der Waals surface area contributed by atoms with Crippen LogP contribution in [0.25, 0.3) is 10.8 Å². The lowest BCUT2D eigenvalue weighted by molar-refractivity contribution is 0.339. The number of benzene rings is 2. The highest BCUT2D eigenvalue weighted by atomic mass is 32.2. The lowest BCUT2D eigenvalue weighted by Gasteiger charge is -2.10. The number of fused-ring (bicyclic) bond motifs is 1.